The number of hydrogen-bond donors (Lipinski definition) is 1. The van der Waals surface area contributed by atoms with E-state index in [1.807, 2.05) is 0 Å². The van der Waals surface area contributed by atoms with E-state index in [1.54, 1.807) is 0 Å². The summed E-state index contributed by atoms with van der Waals surface area (Å²) < 4.78 is 45.1. The Hall–Kier alpha value is -0.890. The van der Waals surface area contributed by atoms with Crippen LogP contribution in [0.3, 0.4) is 0 Å². The van der Waals surface area contributed by atoms with Gasteiger partial charge in [-0.2, -0.15) is 22.5 Å². The molecule has 0 unspecified atom stereocenters. The normalized spacial score (nSPS) is 18.3. The summed E-state index contributed by atoms with van der Waals surface area (Å²) in [5.41, 5.74) is 0. The van der Waals surface area contributed by atoms with Gasteiger partial charge in [-0.3, -0.25) is 0 Å². The summed E-state index contributed by atoms with van der Waals surface area (Å²) in [6.45, 7) is 2.27. The molecule has 2 heterocycles. The number of alkyl halides is 3. The van der Waals surface area contributed by atoms with Crippen molar-refractivity contribution in [2.24, 2.45) is 5.92 Å². The Kier molecular flexibility index (Phi) is 3.82. The van der Waals surface area contributed by atoms with Crippen molar-refractivity contribution >= 4 is 11.5 Å². The van der Waals surface area contributed by atoms with E-state index in [1.165, 1.54) is 0 Å². The second-order valence-corrected chi connectivity index (χ2v) is 4.60. The van der Waals surface area contributed by atoms with E-state index in [0.717, 1.165) is 25.9 Å². The van der Waals surface area contributed by atoms with Crippen molar-refractivity contribution in [3.63, 3.8) is 0 Å². The zero-order chi connectivity index (χ0) is 12.3. The lowest BCUT2D eigenvalue weighted by atomic mass is 9.99. The van der Waals surface area contributed by atoms with E-state index in [-0.39, 0.29) is 5.19 Å². The third-order valence-electron chi connectivity index (χ3n) is 2.56. The number of aromatic nitrogens is 2. The zero-order valence-corrected chi connectivity index (χ0v) is 9.77. The molecule has 1 fully saturated rings. The Balaban J connectivity index is 1.84. The minimum atomic E-state index is -4.49. The van der Waals surface area contributed by atoms with Gasteiger partial charge in [0.1, 0.15) is 0 Å². The minimum absolute atomic E-state index is 0.00384. The second-order valence-electron chi connectivity index (χ2n) is 3.89. The summed E-state index contributed by atoms with van der Waals surface area (Å²) in [7, 11) is 0. The molecule has 0 amide bonds. The van der Waals surface area contributed by atoms with Crippen molar-refractivity contribution in [1.82, 2.24) is 14.7 Å². The topological polar surface area (TPSA) is 47.0 Å². The van der Waals surface area contributed by atoms with Gasteiger partial charge in [0.2, 0.25) is 0 Å². The second kappa shape index (κ2) is 5.18. The van der Waals surface area contributed by atoms with Crippen LogP contribution in [0.5, 0.6) is 5.19 Å². The standard InChI is InChI=1S/C9H12F3N3OS/c10-9(11,12)7-14-8(17-15-7)16-5-6-1-3-13-4-2-6/h6,13H,1-5H2. The van der Waals surface area contributed by atoms with Crippen LogP contribution in [0.4, 0.5) is 13.2 Å². The van der Waals surface area contributed by atoms with Gasteiger partial charge in [-0.15, -0.1) is 0 Å². The zero-order valence-electron chi connectivity index (χ0n) is 8.96. The van der Waals surface area contributed by atoms with Crippen molar-refractivity contribution in [2.75, 3.05) is 19.7 Å². The highest BCUT2D eigenvalue weighted by Gasteiger charge is 2.36. The molecule has 1 N–H and O–H groups in total. The maximum atomic E-state index is 12.2. The van der Waals surface area contributed by atoms with Gasteiger partial charge in [0.05, 0.1) is 6.61 Å². The van der Waals surface area contributed by atoms with E-state index in [9.17, 15) is 13.2 Å². The molecular weight excluding hydrogens is 255 g/mol. The summed E-state index contributed by atoms with van der Waals surface area (Å²) in [6, 6.07) is 0. The molecule has 17 heavy (non-hydrogen) atoms. The third-order valence-corrected chi connectivity index (χ3v) is 3.19. The molecule has 8 heteroatoms. The van der Waals surface area contributed by atoms with Gasteiger partial charge >= 0.3 is 6.18 Å². The molecule has 0 aliphatic carbocycles. The highest BCUT2D eigenvalue weighted by Crippen LogP contribution is 2.30. The van der Waals surface area contributed by atoms with Gasteiger partial charge in [0, 0.05) is 11.5 Å². The number of rotatable bonds is 3. The van der Waals surface area contributed by atoms with Crippen LogP contribution in [-0.4, -0.2) is 29.1 Å². The van der Waals surface area contributed by atoms with Crippen LogP contribution >= 0.6 is 11.5 Å². The summed E-state index contributed by atoms with van der Waals surface area (Å²) in [4.78, 5) is 3.31. The first-order chi connectivity index (χ1) is 8.05. The minimum Gasteiger partial charge on any atom is -0.469 e. The molecule has 0 saturated carbocycles. The lowest BCUT2D eigenvalue weighted by Crippen LogP contribution is -2.30. The first-order valence-electron chi connectivity index (χ1n) is 5.30. The maximum absolute atomic E-state index is 12.2. The molecular formula is C9H12F3N3OS. The Morgan fingerprint density at radius 3 is 2.65 bits per heavy atom. The molecule has 0 atom stereocenters. The van der Waals surface area contributed by atoms with Gasteiger partial charge in [-0.25, -0.2) is 0 Å². The molecule has 1 aliphatic rings. The highest BCUT2D eigenvalue weighted by molar-refractivity contribution is 7.07. The van der Waals surface area contributed by atoms with Gasteiger partial charge in [0.15, 0.2) is 0 Å². The molecule has 1 aliphatic heterocycles. The Morgan fingerprint density at radius 2 is 2.06 bits per heavy atom. The van der Waals surface area contributed by atoms with Crippen molar-refractivity contribution in [3.05, 3.63) is 5.82 Å². The van der Waals surface area contributed by atoms with Crippen molar-refractivity contribution in [3.8, 4) is 5.19 Å². The van der Waals surface area contributed by atoms with E-state index >= 15 is 0 Å². The SMILES string of the molecule is FC(F)(F)c1nsc(OCC2CCNCC2)n1. The fourth-order valence-electron chi connectivity index (χ4n) is 1.62. The lowest BCUT2D eigenvalue weighted by molar-refractivity contribution is -0.144. The molecule has 0 spiro atoms. The Labute approximate surface area is 100 Å². The van der Waals surface area contributed by atoms with Crippen LogP contribution < -0.4 is 10.1 Å². The van der Waals surface area contributed by atoms with Crippen molar-refractivity contribution in [2.45, 2.75) is 19.0 Å². The largest absolute Gasteiger partial charge is 0.469 e. The quantitative estimate of drug-likeness (QED) is 0.909. The Morgan fingerprint density at radius 1 is 1.35 bits per heavy atom. The van der Waals surface area contributed by atoms with Crippen LogP contribution in [-0.2, 0) is 6.18 Å². The molecule has 0 aromatic carbocycles. The number of ether oxygens (including phenoxy) is 1. The molecule has 0 bridgehead atoms. The van der Waals surface area contributed by atoms with Crippen LogP contribution in [0.15, 0.2) is 0 Å². The Bertz CT molecular complexity index is 363. The summed E-state index contributed by atoms with van der Waals surface area (Å²) >= 11 is 0.646. The van der Waals surface area contributed by atoms with E-state index in [2.05, 4.69) is 14.7 Å². The predicted molar refractivity (Wildman–Crippen MR) is 56.0 cm³/mol. The van der Waals surface area contributed by atoms with Gasteiger partial charge in [0.25, 0.3) is 11.0 Å². The highest BCUT2D eigenvalue weighted by atomic mass is 32.1. The van der Waals surface area contributed by atoms with Gasteiger partial charge in [-0.05, 0) is 31.8 Å². The first kappa shape index (κ1) is 12.6. The molecule has 1 aromatic rings. The van der Waals surface area contributed by atoms with Crippen molar-refractivity contribution < 1.29 is 17.9 Å². The molecule has 96 valence electrons. The van der Waals surface area contributed by atoms with E-state index < -0.39 is 12.0 Å². The number of piperidine rings is 1. The number of nitrogens with zero attached hydrogens (tertiary/aromatic N) is 2. The molecule has 4 nitrogen and oxygen atoms in total. The predicted octanol–water partition coefficient (Wildman–Crippen LogP) is 1.94. The van der Waals surface area contributed by atoms with E-state index in [0.29, 0.717) is 24.1 Å². The van der Waals surface area contributed by atoms with E-state index in [4.69, 9.17) is 4.74 Å². The monoisotopic (exact) mass is 267 g/mol. The smallest absolute Gasteiger partial charge is 0.452 e. The lowest BCUT2D eigenvalue weighted by Gasteiger charge is -2.21. The average molecular weight is 267 g/mol. The fraction of sp³-hybridized carbons (Fsp3) is 0.778. The summed E-state index contributed by atoms with van der Waals surface area (Å²) in [5, 5.41) is 3.20. The number of nitrogens with one attached hydrogen (secondary N) is 1. The molecule has 1 saturated heterocycles. The van der Waals surface area contributed by atoms with Gasteiger partial charge in [-0.1, -0.05) is 0 Å². The van der Waals surface area contributed by atoms with Gasteiger partial charge < -0.3 is 10.1 Å². The van der Waals surface area contributed by atoms with Crippen LogP contribution in [0.1, 0.15) is 18.7 Å². The summed E-state index contributed by atoms with van der Waals surface area (Å²) in [5.74, 6) is -0.739. The van der Waals surface area contributed by atoms with Crippen molar-refractivity contribution in [1.29, 1.82) is 0 Å². The summed E-state index contributed by atoms with van der Waals surface area (Å²) in [6.07, 6.45) is -2.54. The fourth-order valence-corrected chi connectivity index (χ4v) is 2.18. The first-order valence-corrected chi connectivity index (χ1v) is 6.07. The van der Waals surface area contributed by atoms with Crippen LogP contribution in [0.25, 0.3) is 0 Å². The molecule has 1 aromatic heterocycles. The molecule has 2 rings (SSSR count). The maximum Gasteiger partial charge on any atom is 0.452 e. The molecule has 0 radical (unpaired) electrons. The number of hydrogen-bond acceptors (Lipinski definition) is 5. The average Bonchev–Trinajstić information content (AvgIpc) is 2.76. The van der Waals surface area contributed by atoms with Crippen LogP contribution in [0, 0.1) is 5.92 Å². The third kappa shape index (κ3) is 3.53. The number of halogens is 3. The van der Waals surface area contributed by atoms with Crippen LogP contribution in [0.2, 0.25) is 0 Å².